The van der Waals surface area contributed by atoms with E-state index in [1.807, 2.05) is 12.1 Å². The number of methoxy groups -OCH3 is 1. The van der Waals surface area contributed by atoms with E-state index < -0.39 is 0 Å². The van der Waals surface area contributed by atoms with Crippen molar-refractivity contribution in [3.8, 4) is 0 Å². The number of nitrogens with zero attached hydrogens (tertiary/aromatic N) is 1. The molecule has 0 bridgehead atoms. The average molecular weight is 372 g/mol. The topological polar surface area (TPSA) is 77.2 Å². The van der Waals surface area contributed by atoms with Gasteiger partial charge in [0.25, 0.3) is 5.91 Å². The van der Waals surface area contributed by atoms with Crippen molar-refractivity contribution in [1.82, 2.24) is 4.98 Å². The van der Waals surface area contributed by atoms with Gasteiger partial charge in [-0.15, -0.1) is 11.8 Å². The first kappa shape index (κ1) is 17.9. The molecule has 2 rings (SSSR count). The summed E-state index contributed by atoms with van der Waals surface area (Å²) in [7, 11) is 1.46. The van der Waals surface area contributed by atoms with Gasteiger partial charge in [-0.05, 0) is 29.8 Å². The van der Waals surface area contributed by atoms with Gasteiger partial charge >= 0.3 is 0 Å². The van der Waals surface area contributed by atoms with Crippen LogP contribution in [-0.4, -0.2) is 24.6 Å². The molecule has 3 N–H and O–H groups in total. The number of halogens is 2. The van der Waals surface area contributed by atoms with Crippen molar-refractivity contribution in [1.29, 1.82) is 0 Å². The third-order valence-corrected chi connectivity index (χ3v) is 4.98. The Balaban J connectivity index is 2.04. The number of carbonyl (C=O) groups excluding carboxylic acids is 1. The van der Waals surface area contributed by atoms with E-state index in [4.69, 9.17) is 33.7 Å². The van der Waals surface area contributed by atoms with Crippen LogP contribution in [-0.2, 0) is 15.3 Å². The van der Waals surface area contributed by atoms with Gasteiger partial charge < -0.3 is 15.8 Å². The van der Waals surface area contributed by atoms with Crippen LogP contribution in [0.15, 0.2) is 35.4 Å². The van der Waals surface area contributed by atoms with Crippen LogP contribution >= 0.6 is 35.0 Å². The Morgan fingerprint density at radius 1 is 1.35 bits per heavy atom. The molecule has 0 unspecified atom stereocenters. The van der Waals surface area contributed by atoms with E-state index in [2.05, 4.69) is 10.3 Å². The third-order valence-electron chi connectivity index (χ3n) is 2.84. The summed E-state index contributed by atoms with van der Waals surface area (Å²) >= 11 is 13.7. The minimum absolute atomic E-state index is 0.0137. The summed E-state index contributed by atoms with van der Waals surface area (Å²) in [5, 5.41) is 3.47. The fourth-order valence-electron chi connectivity index (χ4n) is 1.76. The number of carbonyl (C=O) groups is 1. The van der Waals surface area contributed by atoms with Crippen LogP contribution in [0.5, 0.6) is 0 Å². The second-order valence-electron chi connectivity index (χ2n) is 4.60. The van der Waals surface area contributed by atoms with Gasteiger partial charge in [0.1, 0.15) is 12.4 Å². The number of anilines is 2. The molecule has 0 saturated heterocycles. The Bertz CT molecular complexity index is 713. The standard InChI is InChI=1S/C15H15Cl2N3O2S/c1-22-7-13(21)20-12-6-9(4-5-19-12)8-23-11-3-2-10(18)14(16)15(11)17/h2-6H,7-8,18H2,1H3,(H,19,20,21). The lowest BCUT2D eigenvalue weighted by Gasteiger charge is -2.09. The van der Waals surface area contributed by atoms with E-state index in [1.165, 1.54) is 18.9 Å². The van der Waals surface area contributed by atoms with Gasteiger partial charge in [0, 0.05) is 24.0 Å². The summed E-state index contributed by atoms with van der Waals surface area (Å²) in [4.78, 5) is 16.4. The molecule has 8 heteroatoms. The van der Waals surface area contributed by atoms with Gasteiger partial charge in [-0.3, -0.25) is 4.79 Å². The molecule has 0 fully saturated rings. The third kappa shape index (κ3) is 5.00. The van der Waals surface area contributed by atoms with E-state index in [1.54, 1.807) is 18.3 Å². The van der Waals surface area contributed by atoms with Crippen LogP contribution in [0.25, 0.3) is 0 Å². The molecule has 0 spiro atoms. The van der Waals surface area contributed by atoms with Crippen molar-refractivity contribution >= 4 is 52.4 Å². The molecule has 5 nitrogen and oxygen atoms in total. The minimum atomic E-state index is -0.252. The molecule has 1 heterocycles. The molecule has 0 saturated carbocycles. The predicted octanol–water partition coefficient (Wildman–Crippen LogP) is 3.85. The highest BCUT2D eigenvalue weighted by Gasteiger charge is 2.09. The van der Waals surface area contributed by atoms with Crippen LogP contribution < -0.4 is 11.1 Å². The highest BCUT2D eigenvalue weighted by atomic mass is 35.5. The number of benzene rings is 1. The molecule has 0 radical (unpaired) electrons. The van der Waals surface area contributed by atoms with E-state index >= 15 is 0 Å². The number of pyridine rings is 1. The van der Waals surface area contributed by atoms with Crippen molar-refractivity contribution < 1.29 is 9.53 Å². The van der Waals surface area contributed by atoms with Gasteiger partial charge in [0.05, 0.1) is 15.7 Å². The molecule has 0 aliphatic heterocycles. The summed E-state index contributed by atoms with van der Waals surface area (Å²) in [5.41, 5.74) is 7.14. The number of aromatic nitrogens is 1. The highest BCUT2D eigenvalue weighted by molar-refractivity contribution is 7.98. The first-order valence-corrected chi connectivity index (χ1v) is 8.35. The largest absolute Gasteiger partial charge is 0.397 e. The maximum Gasteiger partial charge on any atom is 0.251 e. The fraction of sp³-hybridized carbons (Fsp3) is 0.200. The number of ether oxygens (including phenoxy) is 1. The van der Waals surface area contributed by atoms with E-state index in [0.29, 0.717) is 27.3 Å². The number of hydrogen-bond donors (Lipinski definition) is 2. The molecule has 2 aromatic rings. The molecular formula is C15H15Cl2N3O2S. The molecule has 1 amide bonds. The van der Waals surface area contributed by atoms with Crippen LogP contribution in [0.2, 0.25) is 10.0 Å². The zero-order valence-electron chi connectivity index (χ0n) is 12.3. The zero-order valence-corrected chi connectivity index (χ0v) is 14.6. The maximum absolute atomic E-state index is 11.5. The zero-order chi connectivity index (χ0) is 16.8. The van der Waals surface area contributed by atoms with Crippen molar-refractivity contribution in [2.24, 2.45) is 0 Å². The highest BCUT2D eigenvalue weighted by Crippen LogP contribution is 2.37. The van der Waals surface area contributed by atoms with Crippen molar-refractivity contribution in [3.63, 3.8) is 0 Å². The van der Waals surface area contributed by atoms with Gasteiger partial charge in [-0.1, -0.05) is 23.2 Å². The predicted molar refractivity (Wildman–Crippen MR) is 95.2 cm³/mol. The number of rotatable bonds is 6. The molecule has 1 aromatic carbocycles. The van der Waals surface area contributed by atoms with Crippen molar-refractivity contribution in [2.45, 2.75) is 10.6 Å². The average Bonchev–Trinajstić information content (AvgIpc) is 2.52. The quantitative estimate of drug-likeness (QED) is 0.595. The lowest BCUT2D eigenvalue weighted by atomic mass is 10.3. The SMILES string of the molecule is COCC(=O)Nc1cc(CSc2ccc(N)c(Cl)c2Cl)ccn1. The maximum atomic E-state index is 11.5. The second kappa shape index (κ2) is 8.40. The van der Waals surface area contributed by atoms with Gasteiger partial charge in [-0.2, -0.15) is 0 Å². The van der Waals surface area contributed by atoms with E-state index in [0.717, 1.165) is 10.5 Å². The number of nitrogens with one attached hydrogen (secondary N) is 1. The molecule has 0 atom stereocenters. The Morgan fingerprint density at radius 2 is 2.13 bits per heavy atom. The molecule has 0 aliphatic rings. The second-order valence-corrected chi connectivity index (χ2v) is 6.37. The smallest absolute Gasteiger partial charge is 0.251 e. The monoisotopic (exact) mass is 371 g/mol. The lowest BCUT2D eigenvalue weighted by Crippen LogP contribution is -2.17. The first-order chi connectivity index (χ1) is 11.0. The Hall–Kier alpha value is -1.47. The lowest BCUT2D eigenvalue weighted by molar-refractivity contribution is -0.119. The van der Waals surface area contributed by atoms with Gasteiger partial charge in [0.15, 0.2) is 0 Å². The first-order valence-electron chi connectivity index (χ1n) is 6.61. The summed E-state index contributed by atoms with van der Waals surface area (Å²) in [5.74, 6) is 0.875. The van der Waals surface area contributed by atoms with Crippen molar-refractivity contribution in [3.05, 3.63) is 46.1 Å². The molecule has 0 aliphatic carbocycles. The summed E-state index contributed by atoms with van der Waals surface area (Å²) in [6.07, 6.45) is 1.63. The Labute approximate surface area is 148 Å². The number of amides is 1. The van der Waals surface area contributed by atoms with E-state index in [-0.39, 0.29) is 12.5 Å². The number of nitrogens with two attached hydrogens (primary N) is 1. The normalized spacial score (nSPS) is 10.6. The van der Waals surface area contributed by atoms with Gasteiger partial charge in [0.2, 0.25) is 0 Å². The minimum Gasteiger partial charge on any atom is -0.397 e. The number of nitrogen functional groups attached to an aromatic ring is 1. The van der Waals surface area contributed by atoms with Crippen LogP contribution in [0.4, 0.5) is 11.5 Å². The fourth-order valence-corrected chi connectivity index (χ4v) is 3.21. The Morgan fingerprint density at radius 3 is 2.87 bits per heavy atom. The van der Waals surface area contributed by atoms with Crippen molar-refractivity contribution in [2.75, 3.05) is 24.8 Å². The summed E-state index contributed by atoms with van der Waals surface area (Å²) < 4.78 is 4.76. The number of thioether (sulfide) groups is 1. The van der Waals surface area contributed by atoms with Crippen LogP contribution in [0, 0.1) is 0 Å². The summed E-state index contributed by atoms with van der Waals surface area (Å²) in [6, 6.07) is 7.22. The number of hydrogen-bond acceptors (Lipinski definition) is 5. The van der Waals surface area contributed by atoms with Crippen LogP contribution in [0.3, 0.4) is 0 Å². The van der Waals surface area contributed by atoms with E-state index in [9.17, 15) is 4.79 Å². The summed E-state index contributed by atoms with van der Waals surface area (Å²) in [6.45, 7) is -0.0137. The van der Waals surface area contributed by atoms with Crippen LogP contribution in [0.1, 0.15) is 5.56 Å². The molecule has 1 aromatic heterocycles. The molecule has 122 valence electrons. The molecule has 23 heavy (non-hydrogen) atoms. The van der Waals surface area contributed by atoms with Gasteiger partial charge in [-0.25, -0.2) is 4.98 Å². The molecular weight excluding hydrogens is 357 g/mol. The Kier molecular flexibility index (Phi) is 6.53.